The molecule has 1 atom stereocenters. The van der Waals surface area contributed by atoms with E-state index in [1.165, 1.54) is 24.8 Å². The van der Waals surface area contributed by atoms with E-state index in [-0.39, 0.29) is 11.9 Å². The quantitative estimate of drug-likeness (QED) is 0.655. The van der Waals surface area contributed by atoms with Gasteiger partial charge in [-0.1, -0.05) is 38.3 Å². The minimum atomic E-state index is 0.131. The molecule has 0 aromatic heterocycles. The monoisotopic (exact) mass is 291 g/mol. The van der Waals surface area contributed by atoms with Crippen molar-refractivity contribution in [3.8, 4) is 5.75 Å². The SMILES string of the molecule is CCCCCC(C)NC(=O)CCCOc1cccc(C)c1. The summed E-state index contributed by atoms with van der Waals surface area (Å²) in [6.45, 7) is 6.90. The molecule has 0 heterocycles. The third-order valence-corrected chi connectivity index (χ3v) is 3.45. The molecule has 21 heavy (non-hydrogen) atoms. The summed E-state index contributed by atoms with van der Waals surface area (Å²) in [6, 6.07) is 8.26. The van der Waals surface area contributed by atoms with Gasteiger partial charge in [0.15, 0.2) is 0 Å². The van der Waals surface area contributed by atoms with Gasteiger partial charge in [-0.3, -0.25) is 4.79 Å². The predicted octanol–water partition coefficient (Wildman–Crippen LogP) is 4.24. The molecule has 1 N–H and O–H groups in total. The van der Waals surface area contributed by atoms with E-state index in [0.29, 0.717) is 13.0 Å². The highest BCUT2D eigenvalue weighted by molar-refractivity contribution is 5.76. The topological polar surface area (TPSA) is 38.3 Å². The van der Waals surface area contributed by atoms with Crippen LogP contribution in [0.1, 0.15) is 57.9 Å². The fraction of sp³-hybridized carbons (Fsp3) is 0.611. The minimum Gasteiger partial charge on any atom is -0.494 e. The van der Waals surface area contributed by atoms with Crippen molar-refractivity contribution >= 4 is 5.91 Å². The van der Waals surface area contributed by atoms with Crippen molar-refractivity contribution in [1.82, 2.24) is 5.32 Å². The zero-order chi connectivity index (χ0) is 15.5. The lowest BCUT2D eigenvalue weighted by Crippen LogP contribution is -2.32. The number of aryl methyl sites for hydroxylation is 1. The molecule has 0 aliphatic heterocycles. The van der Waals surface area contributed by atoms with Gasteiger partial charge in [-0.25, -0.2) is 0 Å². The average molecular weight is 291 g/mol. The number of carbonyl (C=O) groups excluding carboxylic acids is 1. The van der Waals surface area contributed by atoms with Gasteiger partial charge in [0.1, 0.15) is 5.75 Å². The number of carbonyl (C=O) groups is 1. The lowest BCUT2D eigenvalue weighted by atomic mass is 10.1. The summed E-state index contributed by atoms with van der Waals surface area (Å²) in [6.07, 6.45) is 6.00. The third-order valence-electron chi connectivity index (χ3n) is 3.45. The maximum absolute atomic E-state index is 11.8. The summed E-state index contributed by atoms with van der Waals surface area (Å²) in [5, 5.41) is 3.05. The van der Waals surface area contributed by atoms with Gasteiger partial charge in [-0.05, 0) is 44.4 Å². The molecule has 0 saturated heterocycles. The zero-order valence-electron chi connectivity index (χ0n) is 13.7. The van der Waals surface area contributed by atoms with Crippen molar-refractivity contribution in [3.05, 3.63) is 29.8 Å². The van der Waals surface area contributed by atoms with Crippen molar-refractivity contribution < 1.29 is 9.53 Å². The third kappa shape index (κ3) is 8.38. The molecule has 0 radical (unpaired) electrons. The fourth-order valence-corrected chi connectivity index (χ4v) is 2.25. The Bertz CT molecular complexity index is 417. The Morgan fingerprint density at radius 3 is 2.81 bits per heavy atom. The van der Waals surface area contributed by atoms with Crippen LogP contribution in [0, 0.1) is 6.92 Å². The maximum atomic E-state index is 11.8. The highest BCUT2D eigenvalue weighted by Crippen LogP contribution is 2.12. The van der Waals surface area contributed by atoms with Crippen molar-refractivity contribution in [1.29, 1.82) is 0 Å². The molecule has 3 nitrogen and oxygen atoms in total. The number of hydrogen-bond donors (Lipinski definition) is 1. The molecule has 0 aliphatic rings. The summed E-state index contributed by atoms with van der Waals surface area (Å²) < 4.78 is 5.64. The molecule has 1 unspecified atom stereocenters. The van der Waals surface area contributed by atoms with Gasteiger partial charge >= 0.3 is 0 Å². The standard InChI is InChI=1S/C18H29NO2/c1-4-5-6-10-16(3)19-18(20)12-8-13-21-17-11-7-9-15(2)14-17/h7,9,11,14,16H,4-6,8,10,12-13H2,1-3H3,(H,19,20). The molecular formula is C18H29NO2. The highest BCUT2D eigenvalue weighted by Gasteiger charge is 2.06. The van der Waals surface area contributed by atoms with Crippen LogP contribution in [0.25, 0.3) is 0 Å². The number of unbranched alkanes of at least 4 members (excludes halogenated alkanes) is 2. The van der Waals surface area contributed by atoms with E-state index in [1.54, 1.807) is 0 Å². The van der Waals surface area contributed by atoms with E-state index in [0.717, 1.165) is 18.6 Å². The van der Waals surface area contributed by atoms with Crippen molar-refractivity contribution in [2.45, 2.75) is 65.3 Å². The number of nitrogens with one attached hydrogen (secondary N) is 1. The molecule has 3 heteroatoms. The van der Waals surface area contributed by atoms with Crippen LogP contribution in [0.15, 0.2) is 24.3 Å². The zero-order valence-corrected chi connectivity index (χ0v) is 13.7. The van der Waals surface area contributed by atoms with Crippen LogP contribution >= 0.6 is 0 Å². The summed E-state index contributed by atoms with van der Waals surface area (Å²) in [7, 11) is 0. The molecule has 0 aliphatic carbocycles. The number of ether oxygens (including phenoxy) is 1. The lowest BCUT2D eigenvalue weighted by molar-refractivity contribution is -0.121. The Morgan fingerprint density at radius 1 is 1.29 bits per heavy atom. The second kappa shape index (κ2) is 10.3. The molecule has 1 aromatic carbocycles. The first-order valence-electron chi connectivity index (χ1n) is 8.10. The molecule has 118 valence electrons. The van der Waals surface area contributed by atoms with Gasteiger partial charge < -0.3 is 10.1 Å². The molecule has 1 aromatic rings. The van der Waals surface area contributed by atoms with E-state index in [9.17, 15) is 4.79 Å². The number of hydrogen-bond acceptors (Lipinski definition) is 2. The Kier molecular flexibility index (Phi) is 8.56. The summed E-state index contributed by atoms with van der Waals surface area (Å²) in [5.74, 6) is 1.01. The van der Waals surface area contributed by atoms with Crippen LogP contribution in [-0.4, -0.2) is 18.6 Å². The highest BCUT2D eigenvalue weighted by atomic mass is 16.5. The Labute approximate surface area is 129 Å². The molecule has 0 saturated carbocycles. The Hall–Kier alpha value is -1.51. The van der Waals surface area contributed by atoms with Gasteiger partial charge in [-0.2, -0.15) is 0 Å². The lowest BCUT2D eigenvalue weighted by Gasteiger charge is -2.13. The van der Waals surface area contributed by atoms with Crippen molar-refractivity contribution in [2.24, 2.45) is 0 Å². The normalized spacial score (nSPS) is 12.0. The van der Waals surface area contributed by atoms with Gasteiger partial charge in [0.25, 0.3) is 0 Å². The van der Waals surface area contributed by atoms with E-state index < -0.39 is 0 Å². The number of benzene rings is 1. The first-order valence-corrected chi connectivity index (χ1v) is 8.10. The van der Waals surface area contributed by atoms with Crippen LogP contribution in [0.2, 0.25) is 0 Å². The molecular weight excluding hydrogens is 262 g/mol. The summed E-state index contributed by atoms with van der Waals surface area (Å²) in [4.78, 5) is 11.8. The first kappa shape index (κ1) is 17.5. The smallest absolute Gasteiger partial charge is 0.220 e. The molecule has 0 spiro atoms. The second-order valence-electron chi connectivity index (χ2n) is 5.73. The second-order valence-corrected chi connectivity index (χ2v) is 5.73. The van der Waals surface area contributed by atoms with E-state index >= 15 is 0 Å². The van der Waals surface area contributed by atoms with Gasteiger partial charge in [0.05, 0.1) is 6.61 Å². The van der Waals surface area contributed by atoms with Gasteiger partial charge in [0.2, 0.25) is 5.91 Å². The Morgan fingerprint density at radius 2 is 2.10 bits per heavy atom. The fourth-order valence-electron chi connectivity index (χ4n) is 2.25. The van der Waals surface area contributed by atoms with Crippen LogP contribution < -0.4 is 10.1 Å². The molecule has 0 fully saturated rings. The van der Waals surface area contributed by atoms with Crippen LogP contribution in [0.4, 0.5) is 0 Å². The largest absolute Gasteiger partial charge is 0.494 e. The van der Waals surface area contributed by atoms with Gasteiger partial charge in [0, 0.05) is 12.5 Å². The van der Waals surface area contributed by atoms with Crippen molar-refractivity contribution in [2.75, 3.05) is 6.61 Å². The molecule has 0 bridgehead atoms. The molecule has 1 amide bonds. The van der Waals surface area contributed by atoms with Crippen LogP contribution in [0.5, 0.6) is 5.75 Å². The van der Waals surface area contributed by atoms with E-state index in [4.69, 9.17) is 4.74 Å². The van der Waals surface area contributed by atoms with Crippen LogP contribution in [0.3, 0.4) is 0 Å². The van der Waals surface area contributed by atoms with Gasteiger partial charge in [-0.15, -0.1) is 0 Å². The maximum Gasteiger partial charge on any atom is 0.220 e. The molecule has 1 rings (SSSR count). The summed E-state index contributed by atoms with van der Waals surface area (Å²) in [5.41, 5.74) is 1.19. The van der Waals surface area contributed by atoms with E-state index in [1.807, 2.05) is 31.2 Å². The van der Waals surface area contributed by atoms with Crippen molar-refractivity contribution in [3.63, 3.8) is 0 Å². The average Bonchev–Trinajstić information content (AvgIpc) is 2.44. The predicted molar refractivity (Wildman–Crippen MR) is 87.7 cm³/mol. The van der Waals surface area contributed by atoms with E-state index in [2.05, 4.69) is 19.2 Å². The first-order chi connectivity index (χ1) is 10.1. The number of rotatable bonds is 10. The Balaban J connectivity index is 2.10. The number of amides is 1. The van der Waals surface area contributed by atoms with Crippen LogP contribution in [-0.2, 0) is 4.79 Å². The summed E-state index contributed by atoms with van der Waals surface area (Å²) >= 11 is 0. The minimum absolute atomic E-state index is 0.131.